The molecule has 1 unspecified atom stereocenters. The molecule has 2 nitrogen and oxygen atoms in total. The van der Waals surface area contributed by atoms with Crippen LogP contribution in [0.15, 0.2) is 60.7 Å². The summed E-state index contributed by atoms with van der Waals surface area (Å²) in [5.41, 5.74) is 0.937. The van der Waals surface area contributed by atoms with Crippen molar-refractivity contribution in [2.75, 3.05) is 14.1 Å². The van der Waals surface area contributed by atoms with Gasteiger partial charge in [0.15, 0.2) is 0 Å². The van der Waals surface area contributed by atoms with Crippen LogP contribution in [0.25, 0.3) is 0 Å². The van der Waals surface area contributed by atoms with Crippen LogP contribution in [-0.4, -0.2) is 30.1 Å². The molecule has 2 rings (SSSR count). The van der Waals surface area contributed by atoms with Crippen LogP contribution in [0.5, 0.6) is 0 Å². The van der Waals surface area contributed by atoms with E-state index in [9.17, 15) is 5.11 Å². The summed E-state index contributed by atoms with van der Waals surface area (Å²) in [6.07, 6.45) is 0.661. The van der Waals surface area contributed by atoms with Gasteiger partial charge in [-0.2, -0.15) is 0 Å². The Morgan fingerprint density at radius 3 is 1.62 bits per heavy atom. The number of rotatable bonds is 5. The number of halogens is 1. The smallest absolute Gasteiger partial charge is 0.116 e. The van der Waals surface area contributed by atoms with Crippen LogP contribution in [0.2, 0.25) is 0 Å². The van der Waals surface area contributed by atoms with Gasteiger partial charge in [0.1, 0.15) is 5.60 Å². The summed E-state index contributed by atoms with van der Waals surface area (Å²) < 4.78 is 0. The van der Waals surface area contributed by atoms with Gasteiger partial charge in [-0.1, -0.05) is 60.7 Å². The number of hydrogen-bond donors (Lipinski definition) is 1. The van der Waals surface area contributed by atoms with Crippen molar-refractivity contribution in [2.45, 2.75) is 25.0 Å². The number of benzene rings is 2. The van der Waals surface area contributed by atoms with Crippen LogP contribution in [-0.2, 0) is 5.60 Å². The molecule has 2 aromatic rings. The van der Waals surface area contributed by atoms with Gasteiger partial charge in [0.25, 0.3) is 0 Å². The second kappa shape index (κ2) is 7.60. The van der Waals surface area contributed by atoms with E-state index < -0.39 is 5.60 Å². The van der Waals surface area contributed by atoms with Crippen molar-refractivity contribution in [1.82, 2.24) is 4.90 Å². The van der Waals surface area contributed by atoms with E-state index >= 15 is 0 Å². The summed E-state index contributed by atoms with van der Waals surface area (Å²) in [7, 11) is 4.09. The Labute approximate surface area is 133 Å². The van der Waals surface area contributed by atoms with E-state index in [1.165, 1.54) is 0 Å². The standard InChI is InChI=1S/C18H23NO.ClH/c1-15(19(2)3)14-18(20,16-10-6-4-7-11-16)17-12-8-5-9-13-17;/h4-13,15,20H,14H2,1-3H3;1H. The van der Waals surface area contributed by atoms with Gasteiger partial charge in [0.2, 0.25) is 0 Å². The minimum atomic E-state index is -0.952. The van der Waals surface area contributed by atoms with Crippen molar-refractivity contribution < 1.29 is 5.11 Å². The predicted octanol–water partition coefficient (Wildman–Crippen LogP) is 3.68. The Bertz CT molecular complexity index is 488. The predicted molar refractivity (Wildman–Crippen MR) is 90.9 cm³/mol. The molecule has 2 aromatic carbocycles. The number of hydrogen-bond acceptors (Lipinski definition) is 2. The zero-order valence-electron chi connectivity index (χ0n) is 12.9. The van der Waals surface area contributed by atoms with Gasteiger partial charge in [-0.15, -0.1) is 12.4 Å². The highest BCUT2D eigenvalue weighted by Gasteiger charge is 2.33. The fourth-order valence-electron chi connectivity index (χ4n) is 2.44. The summed E-state index contributed by atoms with van der Waals surface area (Å²) in [4.78, 5) is 2.14. The fourth-order valence-corrected chi connectivity index (χ4v) is 2.44. The third-order valence-electron chi connectivity index (χ3n) is 3.98. The first-order chi connectivity index (χ1) is 9.54. The third-order valence-corrected chi connectivity index (χ3v) is 3.98. The molecule has 0 saturated heterocycles. The monoisotopic (exact) mass is 305 g/mol. The van der Waals surface area contributed by atoms with Crippen LogP contribution in [0.1, 0.15) is 24.5 Å². The van der Waals surface area contributed by atoms with Gasteiger partial charge in [-0.05, 0) is 38.6 Å². The Morgan fingerprint density at radius 1 is 0.905 bits per heavy atom. The summed E-state index contributed by atoms with van der Waals surface area (Å²) in [5.74, 6) is 0. The first-order valence-corrected chi connectivity index (χ1v) is 7.04. The maximum Gasteiger partial charge on any atom is 0.116 e. The van der Waals surface area contributed by atoms with Crippen LogP contribution in [0.4, 0.5) is 0 Å². The Balaban J connectivity index is 0.00000220. The van der Waals surface area contributed by atoms with Crippen molar-refractivity contribution in [3.63, 3.8) is 0 Å². The molecule has 21 heavy (non-hydrogen) atoms. The van der Waals surface area contributed by atoms with Crippen molar-refractivity contribution in [1.29, 1.82) is 0 Å². The van der Waals surface area contributed by atoms with E-state index in [2.05, 4.69) is 11.8 Å². The molecule has 0 aliphatic heterocycles. The van der Waals surface area contributed by atoms with E-state index in [1.54, 1.807) is 0 Å². The maximum absolute atomic E-state index is 11.3. The largest absolute Gasteiger partial charge is 0.380 e. The Kier molecular flexibility index (Phi) is 6.41. The molecule has 1 N–H and O–H groups in total. The average Bonchev–Trinajstić information content (AvgIpc) is 2.48. The lowest BCUT2D eigenvalue weighted by Crippen LogP contribution is -2.37. The molecule has 0 spiro atoms. The molecular formula is C18H24ClNO. The molecule has 0 amide bonds. The van der Waals surface area contributed by atoms with Crippen molar-refractivity contribution in [3.05, 3.63) is 71.8 Å². The molecule has 114 valence electrons. The topological polar surface area (TPSA) is 23.5 Å². The first kappa shape index (κ1) is 17.7. The SMILES string of the molecule is CC(CC(O)(c1ccccc1)c1ccccc1)N(C)C.Cl. The lowest BCUT2D eigenvalue weighted by molar-refractivity contribution is 0.0464. The average molecular weight is 306 g/mol. The van der Waals surface area contributed by atoms with E-state index in [4.69, 9.17) is 0 Å². The second-order valence-corrected chi connectivity index (χ2v) is 5.61. The maximum atomic E-state index is 11.3. The molecule has 0 aromatic heterocycles. The molecule has 0 radical (unpaired) electrons. The summed E-state index contributed by atoms with van der Waals surface area (Å²) >= 11 is 0. The molecule has 1 atom stereocenters. The van der Waals surface area contributed by atoms with Gasteiger partial charge in [0, 0.05) is 6.04 Å². The zero-order chi connectivity index (χ0) is 14.6. The Hall–Kier alpha value is -1.35. The van der Waals surface area contributed by atoms with E-state index in [0.717, 1.165) is 11.1 Å². The van der Waals surface area contributed by atoms with Gasteiger partial charge in [0.05, 0.1) is 0 Å². The molecule has 0 aliphatic rings. The quantitative estimate of drug-likeness (QED) is 0.911. The lowest BCUT2D eigenvalue weighted by Gasteiger charge is -2.34. The summed E-state index contributed by atoms with van der Waals surface area (Å²) in [6.45, 7) is 2.14. The van der Waals surface area contributed by atoms with E-state index in [1.807, 2.05) is 74.8 Å². The third kappa shape index (κ3) is 4.07. The Morgan fingerprint density at radius 2 is 1.29 bits per heavy atom. The van der Waals surface area contributed by atoms with Gasteiger partial charge in [-0.3, -0.25) is 0 Å². The summed E-state index contributed by atoms with van der Waals surface area (Å²) in [6, 6.07) is 20.1. The van der Waals surface area contributed by atoms with E-state index in [-0.39, 0.29) is 18.4 Å². The van der Waals surface area contributed by atoms with Crippen molar-refractivity contribution >= 4 is 12.4 Å². The van der Waals surface area contributed by atoms with Gasteiger partial charge >= 0.3 is 0 Å². The zero-order valence-corrected chi connectivity index (χ0v) is 13.7. The van der Waals surface area contributed by atoms with Gasteiger partial charge < -0.3 is 10.0 Å². The highest BCUT2D eigenvalue weighted by atomic mass is 35.5. The highest BCUT2D eigenvalue weighted by Crippen LogP contribution is 2.34. The summed E-state index contributed by atoms with van der Waals surface area (Å²) in [5, 5.41) is 11.3. The van der Waals surface area contributed by atoms with Gasteiger partial charge in [-0.25, -0.2) is 0 Å². The molecule has 0 saturated carbocycles. The second-order valence-electron chi connectivity index (χ2n) is 5.61. The number of aliphatic hydroxyl groups is 1. The van der Waals surface area contributed by atoms with Crippen LogP contribution < -0.4 is 0 Å². The minimum absolute atomic E-state index is 0. The molecule has 0 aliphatic carbocycles. The van der Waals surface area contributed by atoms with Crippen molar-refractivity contribution in [3.8, 4) is 0 Å². The van der Waals surface area contributed by atoms with Crippen LogP contribution in [0.3, 0.4) is 0 Å². The molecular weight excluding hydrogens is 282 g/mol. The molecule has 0 bridgehead atoms. The highest BCUT2D eigenvalue weighted by molar-refractivity contribution is 5.85. The molecule has 0 heterocycles. The first-order valence-electron chi connectivity index (χ1n) is 7.04. The van der Waals surface area contributed by atoms with Crippen molar-refractivity contribution in [2.24, 2.45) is 0 Å². The minimum Gasteiger partial charge on any atom is -0.380 e. The van der Waals surface area contributed by atoms with Crippen LogP contribution >= 0.6 is 12.4 Å². The number of nitrogens with zero attached hydrogens (tertiary/aromatic N) is 1. The normalized spacial score (nSPS) is 12.8. The fraction of sp³-hybridized carbons (Fsp3) is 0.333. The lowest BCUT2D eigenvalue weighted by atomic mass is 9.81. The molecule has 0 fully saturated rings. The van der Waals surface area contributed by atoms with Crippen LogP contribution in [0, 0.1) is 0 Å². The van der Waals surface area contributed by atoms with E-state index in [0.29, 0.717) is 6.42 Å². The molecule has 3 heteroatoms.